The second-order valence-electron chi connectivity index (χ2n) is 2.80. The van der Waals surface area contributed by atoms with Gasteiger partial charge in [-0.05, 0) is 25.1 Å². The first-order valence-electron chi connectivity index (χ1n) is 4.42. The molecule has 1 rings (SSSR count). The van der Waals surface area contributed by atoms with Gasteiger partial charge in [0, 0.05) is 11.9 Å². The fourth-order valence-electron chi connectivity index (χ4n) is 1.10. The molecule has 0 spiro atoms. The molecule has 2 nitrogen and oxygen atoms in total. The standard InChI is InChI=1S/C12H14N2/c1-4-6-7-8-12(5-2)14-11(3)9-10-13-14/h4-10H,1-2H2,3H3/b7-6-,12-8+. The minimum atomic E-state index is 0.950. The second-order valence-corrected chi connectivity index (χ2v) is 2.80. The van der Waals surface area contributed by atoms with Gasteiger partial charge in [-0.1, -0.05) is 31.4 Å². The highest BCUT2D eigenvalue weighted by Crippen LogP contribution is 2.08. The van der Waals surface area contributed by atoms with Crippen molar-refractivity contribution >= 4 is 5.70 Å². The Kier molecular flexibility index (Phi) is 3.68. The van der Waals surface area contributed by atoms with Crippen molar-refractivity contribution in [2.45, 2.75) is 6.92 Å². The Balaban J connectivity index is 2.98. The van der Waals surface area contributed by atoms with Crippen LogP contribution in [0.3, 0.4) is 0 Å². The van der Waals surface area contributed by atoms with Gasteiger partial charge in [-0.3, -0.25) is 0 Å². The van der Waals surface area contributed by atoms with Crippen molar-refractivity contribution in [2.75, 3.05) is 0 Å². The third-order valence-corrected chi connectivity index (χ3v) is 1.80. The molecule has 0 aliphatic carbocycles. The van der Waals surface area contributed by atoms with Crippen molar-refractivity contribution in [3.05, 3.63) is 61.5 Å². The van der Waals surface area contributed by atoms with Gasteiger partial charge in [0.2, 0.25) is 0 Å². The van der Waals surface area contributed by atoms with Crippen LogP contribution in [-0.4, -0.2) is 9.78 Å². The van der Waals surface area contributed by atoms with E-state index < -0.39 is 0 Å². The summed E-state index contributed by atoms with van der Waals surface area (Å²) in [5, 5.41) is 4.18. The molecule has 0 fully saturated rings. The normalized spacial score (nSPS) is 11.9. The molecule has 1 aromatic heterocycles. The molecule has 0 aliphatic rings. The van der Waals surface area contributed by atoms with E-state index in [-0.39, 0.29) is 0 Å². The monoisotopic (exact) mass is 186 g/mol. The SMILES string of the molecule is C=C/C=C\C=C(/C=C)n1nccc1C. The van der Waals surface area contributed by atoms with E-state index in [9.17, 15) is 0 Å². The Morgan fingerprint density at radius 3 is 2.71 bits per heavy atom. The van der Waals surface area contributed by atoms with Gasteiger partial charge in [-0.25, -0.2) is 4.68 Å². The molecule has 1 heterocycles. The van der Waals surface area contributed by atoms with Gasteiger partial charge in [0.15, 0.2) is 0 Å². The lowest BCUT2D eigenvalue weighted by Gasteiger charge is -2.03. The molecule has 0 saturated carbocycles. The van der Waals surface area contributed by atoms with E-state index in [1.807, 2.05) is 35.9 Å². The lowest BCUT2D eigenvalue weighted by atomic mass is 10.3. The molecule has 0 saturated heterocycles. The maximum Gasteiger partial charge on any atom is 0.0642 e. The third kappa shape index (κ3) is 2.33. The summed E-state index contributed by atoms with van der Waals surface area (Å²) in [7, 11) is 0. The lowest BCUT2D eigenvalue weighted by molar-refractivity contribution is 0.875. The molecule has 72 valence electrons. The van der Waals surface area contributed by atoms with Crippen LogP contribution in [0, 0.1) is 6.92 Å². The molecular weight excluding hydrogens is 172 g/mol. The summed E-state index contributed by atoms with van der Waals surface area (Å²) in [6, 6.07) is 1.95. The van der Waals surface area contributed by atoms with Gasteiger partial charge in [0.05, 0.1) is 5.70 Å². The van der Waals surface area contributed by atoms with E-state index in [0.717, 1.165) is 11.4 Å². The molecule has 0 aliphatic heterocycles. The number of allylic oxidation sites excluding steroid dienone is 6. The van der Waals surface area contributed by atoms with Crippen molar-refractivity contribution in [2.24, 2.45) is 0 Å². The molecule has 0 amide bonds. The van der Waals surface area contributed by atoms with Crippen molar-refractivity contribution in [3.8, 4) is 0 Å². The Bertz CT molecular complexity index is 381. The Morgan fingerprint density at radius 1 is 1.43 bits per heavy atom. The molecule has 0 aromatic carbocycles. The minimum Gasteiger partial charge on any atom is -0.238 e. The van der Waals surface area contributed by atoms with Crippen LogP contribution in [0.15, 0.2) is 55.8 Å². The van der Waals surface area contributed by atoms with E-state index in [4.69, 9.17) is 0 Å². The molecule has 0 bridgehead atoms. The quantitative estimate of drug-likeness (QED) is 0.661. The summed E-state index contributed by atoms with van der Waals surface area (Å²) in [5.74, 6) is 0. The zero-order chi connectivity index (χ0) is 10.4. The Morgan fingerprint density at radius 2 is 2.21 bits per heavy atom. The molecular formula is C12H14N2. The van der Waals surface area contributed by atoms with E-state index in [2.05, 4.69) is 18.3 Å². The van der Waals surface area contributed by atoms with E-state index in [1.54, 1.807) is 18.3 Å². The summed E-state index contributed by atoms with van der Waals surface area (Å²) in [6.07, 6.45) is 11.0. The van der Waals surface area contributed by atoms with E-state index >= 15 is 0 Å². The molecule has 0 radical (unpaired) electrons. The maximum absolute atomic E-state index is 4.18. The predicted octanol–water partition coefficient (Wildman–Crippen LogP) is 2.96. The van der Waals surface area contributed by atoms with Crippen LogP contribution in [0.25, 0.3) is 5.70 Å². The number of nitrogens with zero attached hydrogens (tertiary/aromatic N) is 2. The third-order valence-electron chi connectivity index (χ3n) is 1.80. The summed E-state index contributed by atoms with van der Waals surface area (Å²) in [4.78, 5) is 0. The highest BCUT2D eigenvalue weighted by atomic mass is 15.3. The number of rotatable bonds is 4. The van der Waals surface area contributed by atoms with Crippen LogP contribution in [0.5, 0.6) is 0 Å². The van der Waals surface area contributed by atoms with Gasteiger partial charge in [0.25, 0.3) is 0 Å². The average molecular weight is 186 g/mol. The summed E-state index contributed by atoms with van der Waals surface area (Å²) in [5.41, 5.74) is 2.04. The second kappa shape index (κ2) is 5.02. The minimum absolute atomic E-state index is 0.950. The molecule has 14 heavy (non-hydrogen) atoms. The van der Waals surface area contributed by atoms with Crippen LogP contribution in [-0.2, 0) is 0 Å². The van der Waals surface area contributed by atoms with Crippen LogP contribution >= 0.6 is 0 Å². The first kappa shape index (κ1) is 10.3. The van der Waals surface area contributed by atoms with E-state index in [0.29, 0.717) is 0 Å². The maximum atomic E-state index is 4.18. The number of aryl methyl sites for hydroxylation is 1. The highest BCUT2D eigenvalue weighted by Gasteiger charge is 1.98. The largest absolute Gasteiger partial charge is 0.238 e. The van der Waals surface area contributed by atoms with Crippen LogP contribution in [0.2, 0.25) is 0 Å². The fraction of sp³-hybridized carbons (Fsp3) is 0.0833. The molecule has 0 atom stereocenters. The summed E-state index contributed by atoms with van der Waals surface area (Å²) in [6.45, 7) is 9.35. The van der Waals surface area contributed by atoms with E-state index in [1.165, 1.54) is 0 Å². The van der Waals surface area contributed by atoms with Gasteiger partial charge in [-0.15, -0.1) is 0 Å². The van der Waals surface area contributed by atoms with Gasteiger partial charge in [-0.2, -0.15) is 5.10 Å². The number of hydrogen-bond donors (Lipinski definition) is 0. The topological polar surface area (TPSA) is 17.8 Å². The van der Waals surface area contributed by atoms with Crippen molar-refractivity contribution < 1.29 is 0 Å². The van der Waals surface area contributed by atoms with Crippen molar-refractivity contribution in [3.63, 3.8) is 0 Å². The lowest BCUT2D eigenvalue weighted by Crippen LogP contribution is -1.98. The molecule has 0 N–H and O–H groups in total. The number of aromatic nitrogens is 2. The summed E-state index contributed by atoms with van der Waals surface area (Å²) < 4.78 is 1.83. The van der Waals surface area contributed by atoms with Crippen LogP contribution in [0.4, 0.5) is 0 Å². The molecule has 2 heteroatoms. The smallest absolute Gasteiger partial charge is 0.0642 e. The zero-order valence-electron chi connectivity index (χ0n) is 8.35. The van der Waals surface area contributed by atoms with Crippen molar-refractivity contribution in [1.29, 1.82) is 0 Å². The van der Waals surface area contributed by atoms with Gasteiger partial charge in [0.1, 0.15) is 0 Å². The number of hydrogen-bond acceptors (Lipinski definition) is 1. The predicted molar refractivity (Wildman–Crippen MR) is 60.8 cm³/mol. The Hall–Kier alpha value is -1.83. The fourth-order valence-corrected chi connectivity index (χ4v) is 1.10. The van der Waals surface area contributed by atoms with Crippen LogP contribution in [0.1, 0.15) is 5.69 Å². The first-order chi connectivity index (χ1) is 6.79. The molecule has 0 unspecified atom stereocenters. The summed E-state index contributed by atoms with van der Waals surface area (Å²) >= 11 is 0. The first-order valence-corrected chi connectivity index (χ1v) is 4.42. The zero-order valence-corrected chi connectivity index (χ0v) is 8.35. The van der Waals surface area contributed by atoms with Crippen LogP contribution < -0.4 is 0 Å². The highest BCUT2D eigenvalue weighted by molar-refractivity contribution is 5.58. The van der Waals surface area contributed by atoms with Gasteiger partial charge < -0.3 is 0 Å². The van der Waals surface area contributed by atoms with Gasteiger partial charge >= 0.3 is 0 Å². The Labute approximate surface area is 84.6 Å². The van der Waals surface area contributed by atoms with Crippen molar-refractivity contribution in [1.82, 2.24) is 9.78 Å². The molecule has 1 aromatic rings. The average Bonchev–Trinajstić information content (AvgIpc) is 2.60.